The number of aliphatic hydroxyl groups excluding tert-OH is 3. The van der Waals surface area contributed by atoms with Crippen LogP contribution >= 0.6 is 0 Å². The van der Waals surface area contributed by atoms with Gasteiger partial charge >= 0.3 is 0 Å². The van der Waals surface area contributed by atoms with Gasteiger partial charge in [-0.3, -0.25) is 4.79 Å². The summed E-state index contributed by atoms with van der Waals surface area (Å²) in [5.41, 5.74) is 0.366. The molecule has 6 nitrogen and oxygen atoms in total. The third kappa shape index (κ3) is 2.74. The Hall–Kier alpha value is -1.31. The minimum absolute atomic E-state index is 0.366. The molecule has 0 aliphatic carbocycles. The van der Waals surface area contributed by atoms with Gasteiger partial charge in [-0.05, 0) is 6.92 Å². The summed E-state index contributed by atoms with van der Waals surface area (Å²) in [6.07, 6.45) is -6.07. The Morgan fingerprint density at radius 1 is 1.20 bits per heavy atom. The van der Waals surface area contributed by atoms with E-state index in [1.54, 1.807) is 30.3 Å². The van der Waals surface area contributed by atoms with E-state index in [1.807, 2.05) is 0 Å². The fraction of sp³-hybridized carbons (Fsp3) is 0.500. The van der Waals surface area contributed by atoms with E-state index in [1.165, 1.54) is 6.92 Å². The van der Waals surface area contributed by atoms with Crippen LogP contribution in [0.5, 0.6) is 0 Å². The Balaban J connectivity index is 2.16. The maximum atomic E-state index is 12.1. The molecule has 2 rings (SSSR count). The lowest BCUT2D eigenvalue weighted by molar-refractivity contribution is -0.340. The van der Waals surface area contributed by atoms with E-state index in [2.05, 4.69) is 0 Å². The van der Waals surface area contributed by atoms with Crippen LogP contribution in [0.3, 0.4) is 0 Å². The van der Waals surface area contributed by atoms with Crippen LogP contribution in [-0.4, -0.2) is 56.4 Å². The van der Waals surface area contributed by atoms with Gasteiger partial charge in [0.1, 0.15) is 18.3 Å². The molecule has 5 atom stereocenters. The lowest BCUT2D eigenvalue weighted by Crippen LogP contribution is -2.64. The summed E-state index contributed by atoms with van der Waals surface area (Å²) in [7, 11) is 0. The number of hydrogen-bond donors (Lipinski definition) is 4. The Labute approximate surface area is 116 Å². The molecule has 1 aliphatic heterocycles. The van der Waals surface area contributed by atoms with Crippen molar-refractivity contribution in [2.75, 3.05) is 0 Å². The van der Waals surface area contributed by atoms with E-state index in [4.69, 9.17) is 4.74 Å². The molecule has 0 amide bonds. The Kier molecular flexibility index (Phi) is 4.22. The third-order valence-electron chi connectivity index (χ3n) is 3.52. The molecule has 0 unspecified atom stereocenters. The molecular formula is C14H18O6. The number of carbonyl (C=O) groups is 1. The van der Waals surface area contributed by atoms with Crippen LogP contribution in [0.15, 0.2) is 30.3 Å². The summed E-state index contributed by atoms with van der Waals surface area (Å²) < 4.78 is 5.14. The Morgan fingerprint density at radius 2 is 1.80 bits per heavy atom. The predicted molar refractivity (Wildman–Crippen MR) is 68.9 cm³/mol. The highest BCUT2D eigenvalue weighted by Gasteiger charge is 2.52. The van der Waals surface area contributed by atoms with Crippen molar-refractivity contribution in [3.8, 4) is 0 Å². The smallest absolute Gasteiger partial charge is 0.202 e. The number of benzene rings is 1. The number of ether oxygens (including phenoxy) is 1. The average Bonchev–Trinajstić information content (AvgIpc) is 2.44. The second kappa shape index (κ2) is 5.59. The van der Waals surface area contributed by atoms with Gasteiger partial charge in [0.05, 0.1) is 12.5 Å². The largest absolute Gasteiger partial charge is 0.388 e. The third-order valence-corrected chi connectivity index (χ3v) is 3.52. The standard InChI is InChI=1S/C14H18O6/c1-8-11(16)12(17)13(18)14(19,20-8)7-10(15)9-5-3-2-4-6-9/h2-6,8,11-13,16-19H,7H2,1H3/t8-,11+,12+,13-,14+/m0/s1. The Bertz CT molecular complexity index is 476. The lowest BCUT2D eigenvalue weighted by Gasteiger charge is -2.44. The van der Waals surface area contributed by atoms with Crippen LogP contribution in [0, 0.1) is 0 Å². The number of aliphatic hydroxyl groups is 4. The molecule has 0 aromatic heterocycles. The van der Waals surface area contributed by atoms with Crippen LogP contribution in [0.25, 0.3) is 0 Å². The van der Waals surface area contributed by atoms with E-state index < -0.39 is 42.4 Å². The van der Waals surface area contributed by atoms with Crippen LogP contribution < -0.4 is 0 Å². The molecule has 1 aromatic rings. The van der Waals surface area contributed by atoms with E-state index in [9.17, 15) is 25.2 Å². The highest BCUT2D eigenvalue weighted by Crippen LogP contribution is 2.31. The molecule has 0 saturated carbocycles. The van der Waals surface area contributed by atoms with Gasteiger partial charge in [0.15, 0.2) is 5.78 Å². The molecule has 110 valence electrons. The molecule has 20 heavy (non-hydrogen) atoms. The number of carbonyl (C=O) groups excluding carboxylic acids is 1. The SMILES string of the molecule is C[C@@H]1O[C@](O)(CC(=O)c2ccccc2)[C@@H](O)[C@H](O)[C@@H]1O. The minimum Gasteiger partial charge on any atom is -0.388 e. The van der Waals surface area contributed by atoms with Crippen molar-refractivity contribution in [2.45, 2.75) is 43.5 Å². The summed E-state index contributed by atoms with van der Waals surface area (Å²) in [5.74, 6) is -2.65. The summed E-state index contributed by atoms with van der Waals surface area (Å²) in [6.45, 7) is 1.44. The molecular weight excluding hydrogens is 264 g/mol. The van der Waals surface area contributed by atoms with Crippen molar-refractivity contribution in [1.29, 1.82) is 0 Å². The molecule has 6 heteroatoms. The lowest BCUT2D eigenvalue weighted by atomic mass is 9.89. The first-order valence-electron chi connectivity index (χ1n) is 6.38. The van der Waals surface area contributed by atoms with Gasteiger partial charge in [-0.1, -0.05) is 30.3 Å². The normalized spacial score (nSPS) is 37.6. The van der Waals surface area contributed by atoms with Crippen molar-refractivity contribution in [1.82, 2.24) is 0 Å². The molecule has 1 heterocycles. The van der Waals surface area contributed by atoms with Crippen molar-refractivity contribution < 1.29 is 30.0 Å². The summed E-state index contributed by atoms with van der Waals surface area (Å²) in [6, 6.07) is 8.26. The maximum absolute atomic E-state index is 12.1. The first-order chi connectivity index (χ1) is 9.35. The Morgan fingerprint density at radius 3 is 2.40 bits per heavy atom. The number of ketones is 1. The van der Waals surface area contributed by atoms with Gasteiger partial charge < -0.3 is 25.2 Å². The van der Waals surface area contributed by atoms with Crippen LogP contribution in [0.1, 0.15) is 23.7 Å². The fourth-order valence-corrected chi connectivity index (χ4v) is 2.29. The minimum atomic E-state index is -2.22. The molecule has 0 spiro atoms. The summed E-state index contributed by atoms with van der Waals surface area (Å²) in [5, 5.41) is 39.4. The van der Waals surface area contributed by atoms with Crippen LogP contribution in [0.2, 0.25) is 0 Å². The zero-order valence-corrected chi connectivity index (χ0v) is 11.0. The molecule has 0 radical (unpaired) electrons. The number of Topliss-reactive ketones (excluding diaryl/α,β-unsaturated/α-hetero) is 1. The van der Waals surface area contributed by atoms with Gasteiger partial charge in [0.2, 0.25) is 5.79 Å². The second-order valence-electron chi connectivity index (χ2n) is 5.06. The molecule has 0 bridgehead atoms. The topological polar surface area (TPSA) is 107 Å². The van der Waals surface area contributed by atoms with E-state index >= 15 is 0 Å². The van der Waals surface area contributed by atoms with E-state index in [0.717, 1.165) is 0 Å². The van der Waals surface area contributed by atoms with E-state index in [-0.39, 0.29) is 0 Å². The van der Waals surface area contributed by atoms with Crippen molar-refractivity contribution in [2.24, 2.45) is 0 Å². The summed E-state index contributed by atoms with van der Waals surface area (Å²) >= 11 is 0. The fourth-order valence-electron chi connectivity index (χ4n) is 2.29. The van der Waals surface area contributed by atoms with Gasteiger partial charge in [-0.2, -0.15) is 0 Å². The first kappa shape index (κ1) is 15.1. The predicted octanol–water partition coefficient (Wildman–Crippen LogP) is -0.551. The first-order valence-corrected chi connectivity index (χ1v) is 6.38. The van der Waals surface area contributed by atoms with Crippen LogP contribution in [-0.2, 0) is 4.74 Å². The molecule has 1 aliphatic rings. The monoisotopic (exact) mass is 282 g/mol. The second-order valence-corrected chi connectivity index (χ2v) is 5.06. The molecule has 4 N–H and O–H groups in total. The van der Waals surface area contributed by atoms with Crippen molar-refractivity contribution >= 4 is 5.78 Å². The zero-order valence-electron chi connectivity index (χ0n) is 11.0. The van der Waals surface area contributed by atoms with Crippen LogP contribution in [0.4, 0.5) is 0 Å². The van der Waals surface area contributed by atoms with Gasteiger partial charge in [-0.25, -0.2) is 0 Å². The zero-order chi connectivity index (χ0) is 14.9. The van der Waals surface area contributed by atoms with E-state index in [0.29, 0.717) is 5.56 Å². The highest BCUT2D eigenvalue weighted by atomic mass is 16.7. The van der Waals surface area contributed by atoms with Gasteiger partial charge in [0, 0.05) is 5.56 Å². The highest BCUT2D eigenvalue weighted by molar-refractivity contribution is 5.96. The molecule has 1 fully saturated rings. The maximum Gasteiger partial charge on any atom is 0.202 e. The quantitative estimate of drug-likeness (QED) is 0.554. The number of rotatable bonds is 3. The van der Waals surface area contributed by atoms with Crippen molar-refractivity contribution in [3.63, 3.8) is 0 Å². The molecule has 1 aromatic carbocycles. The average molecular weight is 282 g/mol. The van der Waals surface area contributed by atoms with Gasteiger partial charge in [0.25, 0.3) is 0 Å². The summed E-state index contributed by atoms with van der Waals surface area (Å²) in [4.78, 5) is 12.1. The molecule has 1 saturated heterocycles. The van der Waals surface area contributed by atoms with Gasteiger partial charge in [-0.15, -0.1) is 0 Å². The number of hydrogen-bond acceptors (Lipinski definition) is 6. The van der Waals surface area contributed by atoms with Crippen molar-refractivity contribution in [3.05, 3.63) is 35.9 Å².